The number of nitrogens with zero attached hydrogens (tertiary/aromatic N) is 2. The van der Waals surface area contributed by atoms with Crippen LogP contribution in [0.1, 0.15) is 25.3 Å². The zero-order valence-electron chi connectivity index (χ0n) is 15.5. The highest BCUT2D eigenvalue weighted by molar-refractivity contribution is 8.00. The standard InChI is InChI=1S/C21H24N2O3S/c1-21(12-16-3-4-18-19(11-16)26-15-25-18)7-2-10-23(14-21)20(24)13-27-17-5-8-22-9-6-17/h3-6,8-9,11H,2,7,10,12-15H2,1H3. The molecule has 2 aliphatic heterocycles. The summed E-state index contributed by atoms with van der Waals surface area (Å²) in [6, 6.07) is 10.1. The molecule has 2 aromatic rings. The quantitative estimate of drug-likeness (QED) is 0.735. The van der Waals surface area contributed by atoms with E-state index in [2.05, 4.69) is 24.0 Å². The molecule has 27 heavy (non-hydrogen) atoms. The van der Waals surface area contributed by atoms with E-state index in [1.807, 2.05) is 23.1 Å². The van der Waals surface area contributed by atoms with Gasteiger partial charge in [0.2, 0.25) is 12.7 Å². The predicted octanol–water partition coefficient (Wildman–Crippen LogP) is 3.77. The zero-order chi connectivity index (χ0) is 18.7. The van der Waals surface area contributed by atoms with E-state index in [9.17, 15) is 4.79 Å². The fourth-order valence-electron chi connectivity index (χ4n) is 3.89. The van der Waals surface area contributed by atoms with Gasteiger partial charge in [-0.2, -0.15) is 0 Å². The summed E-state index contributed by atoms with van der Waals surface area (Å²) in [5, 5.41) is 0. The van der Waals surface area contributed by atoms with Crippen LogP contribution in [0.25, 0.3) is 0 Å². The molecule has 2 aliphatic rings. The average molecular weight is 385 g/mol. The Morgan fingerprint density at radius 2 is 2.04 bits per heavy atom. The van der Waals surface area contributed by atoms with Gasteiger partial charge in [0.15, 0.2) is 11.5 Å². The third-order valence-corrected chi connectivity index (χ3v) is 6.21. The van der Waals surface area contributed by atoms with Gasteiger partial charge in [-0.1, -0.05) is 13.0 Å². The van der Waals surface area contributed by atoms with Crippen molar-refractivity contribution in [3.63, 3.8) is 0 Å². The maximum Gasteiger partial charge on any atom is 0.232 e. The summed E-state index contributed by atoms with van der Waals surface area (Å²) >= 11 is 1.58. The molecule has 142 valence electrons. The van der Waals surface area contributed by atoms with Crippen LogP contribution in [0.2, 0.25) is 0 Å². The molecule has 0 saturated carbocycles. The van der Waals surface area contributed by atoms with E-state index in [0.29, 0.717) is 12.5 Å². The van der Waals surface area contributed by atoms with Crippen molar-refractivity contribution in [2.75, 3.05) is 25.6 Å². The number of fused-ring (bicyclic) bond motifs is 1. The number of aromatic nitrogens is 1. The van der Waals surface area contributed by atoms with E-state index in [1.165, 1.54) is 5.56 Å². The lowest BCUT2D eigenvalue weighted by Gasteiger charge is -2.40. The number of piperidine rings is 1. The van der Waals surface area contributed by atoms with Gasteiger partial charge in [0.05, 0.1) is 5.75 Å². The van der Waals surface area contributed by atoms with Crippen LogP contribution in [0.4, 0.5) is 0 Å². The molecule has 0 radical (unpaired) electrons. The second-order valence-electron chi connectivity index (χ2n) is 7.57. The Bertz CT molecular complexity index is 814. The van der Waals surface area contributed by atoms with Crippen LogP contribution in [0.3, 0.4) is 0 Å². The van der Waals surface area contributed by atoms with Crippen LogP contribution < -0.4 is 9.47 Å². The fourth-order valence-corrected chi connectivity index (χ4v) is 4.67. The van der Waals surface area contributed by atoms with E-state index in [4.69, 9.17) is 9.47 Å². The Morgan fingerprint density at radius 1 is 1.22 bits per heavy atom. The Balaban J connectivity index is 1.37. The number of hydrogen-bond acceptors (Lipinski definition) is 5. The molecule has 0 bridgehead atoms. The van der Waals surface area contributed by atoms with E-state index < -0.39 is 0 Å². The largest absolute Gasteiger partial charge is 0.454 e. The van der Waals surface area contributed by atoms with E-state index in [-0.39, 0.29) is 11.3 Å². The Kier molecular flexibility index (Phi) is 5.25. The normalized spacial score (nSPS) is 21.3. The highest BCUT2D eigenvalue weighted by atomic mass is 32.2. The Labute approximate surface area is 164 Å². The number of rotatable bonds is 5. The first kappa shape index (κ1) is 18.2. The molecule has 1 fully saturated rings. The van der Waals surface area contributed by atoms with Crippen LogP contribution in [-0.4, -0.2) is 41.4 Å². The number of benzene rings is 1. The van der Waals surface area contributed by atoms with Crippen LogP contribution in [0, 0.1) is 5.41 Å². The first-order valence-corrected chi connectivity index (χ1v) is 10.3. The molecule has 4 rings (SSSR count). The van der Waals surface area contributed by atoms with E-state index in [1.54, 1.807) is 24.2 Å². The minimum absolute atomic E-state index is 0.0863. The number of hydrogen-bond donors (Lipinski definition) is 0. The molecular weight excluding hydrogens is 360 g/mol. The number of ether oxygens (including phenoxy) is 2. The number of carbonyl (C=O) groups excluding carboxylic acids is 1. The molecule has 1 saturated heterocycles. The summed E-state index contributed by atoms with van der Waals surface area (Å²) in [6.07, 6.45) is 6.63. The molecule has 1 amide bonds. The lowest BCUT2D eigenvalue weighted by atomic mass is 9.77. The SMILES string of the molecule is CC1(Cc2ccc3c(c2)OCO3)CCCN(C(=O)CSc2ccncc2)C1. The van der Waals surface area contributed by atoms with Crippen molar-refractivity contribution in [1.82, 2.24) is 9.88 Å². The number of carbonyl (C=O) groups is 1. The van der Waals surface area contributed by atoms with E-state index in [0.717, 1.165) is 48.7 Å². The summed E-state index contributed by atoms with van der Waals surface area (Å²) in [5.74, 6) is 2.34. The Morgan fingerprint density at radius 3 is 2.89 bits per heavy atom. The van der Waals surface area contributed by atoms with Gasteiger partial charge in [-0.3, -0.25) is 9.78 Å². The van der Waals surface area contributed by atoms with Crippen molar-refractivity contribution in [2.24, 2.45) is 5.41 Å². The van der Waals surface area contributed by atoms with Crippen LogP contribution in [0.15, 0.2) is 47.6 Å². The van der Waals surface area contributed by atoms with Crippen LogP contribution in [0.5, 0.6) is 11.5 Å². The van der Waals surface area contributed by atoms with Crippen molar-refractivity contribution >= 4 is 17.7 Å². The topological polar surface area (TPSA) is 51.7 Å². The molecule has 1 unspecified atom stereocenters. The smallest absolute Gasteiger partial charge is 0.232 e. The maximum atomic E-state index is 12.7. The summed E-state index contributed by atoms with van der Waals surface area (Å²) < 4.78 is 10.9. The lowest BCUT2D eigenvalue weighted by Crippen LogP contribution is -2.46. The molecule has 1 aromatic heterocycles. The maximum absolute atomic E-state index is 12.7. The third kappa shape index (κ3) is 4.38. The highest BCUT2D eigenvalue weighted by Crippen LogP contribution is 2.37. The van der Waals surface area contributed by atoms with Gasteiger partial charge in [0.1, 0.15) is 0 Å². The fraction of sp³-hybridized carbons (Fsp3) is 0.429. The van der Waals surface area contributed by atoms with Gasteiger partial charge in [-0.05, 0) is 54.5 Å². The number of likely N-dealkylation sites (tertiary alicyclic amines) is 1. The van der Waals surface area contributed by atoms with Crippen molar-refractivity contribution in [2.45, 2.75) is 31.1 Å². The molecular formula is C21H24N2O3S. The molecule has 1 atom stereocenters. The molecule has 6 heteroatoms. The minimum Gasteiger partial charge on any atom is -0.454 e. The molecule has 0 aliphatic carbocycles. The van der Waals surface area contributed by atoms with E-state index >= 15 is 0 Å². The van der Waals surface area contributed by atoms with Crippen LogP contribution in [-0.2, 0) is 11.2 Å². The van der Waals surface area contributed by atoms with Gasteiger partial charge in [0, 0.05) is 30.4 Å². The third-order valence-electron chi connectivity index (χ3n) is 5.21. The molecule has 1 aromatic carbocycles. The van der Waals surface area contributed by atoms with Gasteiger partial charge < -0.3 is 14.4 Å². The monoisotopic (exact) mass is 384 g/mol. The first-order valence-electron chi connectivity index (χ1n) is 9.30. The summed E-state index contributed by atoms with van der Waals surface area (Å²) in [7, 11) is 0. The summed E-state index contributed by atoms with van der Waals surface area (Å²) in [5.41, 5.74) is 1.32. The van der Waals surface area contributed by atoms with Crippen molar-refractivity contribution in [3.05, 3.63) is 48.3 Å². The van der Waals surface area contributed by atoms with Gasteiger partial charge in [-0.25, -0.2) is 0 Å². The molecule has 5 nitrogen and oxygen atoms in total. The summed E-state index contributed by atoms with van der Waals surface area (Å²) in [6.45, 7) is 4.24. The molecule has 0 spiro atoms. The zero-order valence-corrected chi connectivity index (χ0v) is 16.3. The highest BCUT2D eigenvalue weighted by Gasteiger charge is 2.33. The second-order valence-corrected chi connectivity index (χ2v) is 8.61. The first-order chi connectivity index (χ1) is 13.1. The average Bonchev–Trinajstić information content (AvgIpc) is 3.14. The van der Waals surface area contributed by atoms with Crippen molar-refractivity contribution in [3.8, 4) is 11.5 Å². The predicted molar refractivity (Wildman–Crippen MR) is 105 cm³/mol. The van der Waals surface area contributed by atoms with Crippen LogP contribution >= 0.6 is 11.8 Å². The van der Waals surface area contributed by atoms with Crippen molar-refractivity contribution in [1.29, 1.82) is 0 Å². The van der Waals surface area contributed by atoms with Crippen molar-refractivity contribution < 1.29 is 14.3 Å². The molecule has 0 N–H and O–H groups in total. The minimum atomic E-state index is 0.0863. The van der Waals surface area contributed by atoms with Gasteiger partial charge in [0.25, 0.3) is 0 Å². The van der Waals surface area contributed by atoms with Gasteiger partial charge >= 0.3 is 0 Å². The number of amides is 1. The summed E-state index contributed by atoms with van der Waals surface area (Å²) in [4.78, 5) is 19.8. The van der Waals surface area contributed by atoms with Gasteiger partial charge in [-0.15, -0.1) is 11.8 Å². The lowest BCUT2D eigenvalue weighted by molar-refractivity contribution is -0.131. The number of thioether (sulfide) groups is 1. The number of pyridine rings is 1. The second kappa shape index (κ2) is 7.80. The Hall–Kier alpha value is -2.21. The molecule has 3 heterocycles.